The highest BCUT2D eigenvalue weighted by atomic mass is 16.3. The van der Waals surface area contributed by atoms with Gasteiger partial charge in [-0.05, 0) is 25.8 Å². The summed E-state index contributed by atoms with van der Waals surface area (Å²) in [5, 5.41) is 12.8. The molecule has 0 bridgehead atoms. The number of fused-ring (bicyclic) bond motifs is 1. The van der Waals surface area contributed by atoms with Gasteiger partial charge in [-0.25, -0.2) is 0 Å². The number of rotatable bonds is 2. The van der Waals surface area contributed by atoms with Crippen LogP contribution in [0.2, 0.25) is 0 Å². The fourth-order valence-corrected chi connectivity index (χ4v) is 2.51. The monoisotopic (exact) mass is 248 g/mol. The van der Waals surface area contributed by atoms with Crippen molar-refractivity contribution in [1.29, 1.82) is 0 Å². The summed E-state index contributed by atoms with van der Waals surface area (Å²) in [6.45, 7) is 2.69. The average molecular weight is 248 g/mol. The molecule has 2 unspecified atom stereocenters. The Morgan fingerprint density at radius 2 is 2.22 bits per heavy atom. The van der Waals surface area contributed by atoms with E-state index in [1.165, 1.54) is 0 Å². The van der Waals surface area contributed by atoms with E-state index >= 15 is 0 Å². The highest BCUT2D eigenvalue weighted by Gasteiger charge is 2.26. The number of hydrogen-bond donors (Lipinski definition) is 2. The topological polar surface area (TPSA) is 52.6 Å². The number of likely N-dealkylation sites (N-methyl/N-ethyl adjacent to an activating group) is 1. The number of carbonyl (C=O) groups excluding carboxylic acids is 1. The first-order chi connectivity index (χ1) is 8.65. The predicted octanol–water partition coefficient (Wildman–Crippen LogP) is 1.45. The summed E-state index contributed by atoms with van der Waals surface area (Å²) in [5.74, 6) is 0.00110. The van der Waals surface area contributed by atoms with Gasteiger partial charge in [0.2, 0.25) is 5.91 Å². The maximum atomic E-state index is 11.8. The van der Waals surface area contributed by atoms with Crippen LogP contribution < -0.4 is 10.2 Å². The highest BCUT2D eigenvalue weighted by Crippen LogP contribution is 2.33. The minimum atomic E-state index is -0.428. The van der Waals surface area contributed by atoms with E-state index in [9.17, 15) is 9.90 Å². The second-order valence-corrected chi connectivity index (χ2v) is 4.70. The normalized spacial score (nSPS) is 20.8. The van der Waals surface area contributed by atoms with E-state index in [0.717, 1.165) is 30.6 Å². The number of aliphatic hydroxyl groups is 1. The molecule has 1 amide bonds. The van der Waals surface area contributed by atoms with Gasteiger partial charge in [0.25, 0.3) is 0 Å². The molecular formula is C14H20N2O2. The fourth-order valence-electron chi connectivity index (χ4n) is 2.51. The molecule has 0 aliphatic carbocycles. The van der Waals surface area contributed by atoms with E-state index in [1.54, 1.807) is 7.05 Å². The van der Waals surface area contributed by atoms with Gasteiger partial charge in [-0.15, -0.1) is 0 Å². The lowest BCUT2D eigenvalue weighted by atomic mass is 10.0. The number of nitrogens with one attached hydrogen (secondary N) is 1. The Labute approximate surface area is 108 Å². The number of hydrogen-bond acceptors (Lipinski definition) is 3. The third kappa shape index (κ3) is 2.34. The van der Waals surface area contributed by atoms with Gasteiger partial charge >= 0.3 is 0 Å². The quantitative estimate of drug-likeness (QED) is 0.833. The largest absolute Gasteiger partial charge is 0.388 e. The molecule has 1 aliphatic heterocycles. The van der Waals surface area contributed by atoms with E-state index in [2.05, 4.69) is 10.2 Å². The van der Waals surface area contributed by atoms with Crippen LogP contribution in [-0.4, -0.2) is 30.6 Å². The molecule has 1 aliphatic rings. The summed E-state index contributed by atoms with van der Waals surface area (Å²) in [5.41, 5.74) is 1.89. The molecule has 0 saturated carbocycles. The molecule has 18 heavy (non-hydrogen) atoms. The summed E-state index contributed by atoms with van der Waals surface area (Å²) < 4.78 is 0. The van der Waals surface area contributed by atoms with Crippen LogP contribution in [0.3, 0.4) is 0 Å². The molecule has 0 saturated heterocycles. The molecule has 98 valence electrons. The lowest BCUT2D eigenvalue weighted by molar-refractivity contribution is -0.121. The second kappa shape index (κ2) is 5.40. The average Bonchev–Trinajstić information content (AvgIpc) is 2.57. The number of anilines is 1. The molecule has 2 N–H and O–H groups in total. The molecule has 4 nitrogen and oxygen atoms in total. The Morgan fingerprint density at radius 1 is 1.50 bits per heavy atom. The van der Waals surface area contributed by atoms with Gasteiger partial charge in [0.1, 0.15) is 6.04 Å². The van der Waals surface area contributed by atoms with Crippen molar-refractivity contribution >= 4 is 11.6 Å². The third-order valence-electron chi connectivity index (χ3n) is 3.58. The van der Waals surface area contributed by atoms with Crippen molar-refractivity contribution in [3.63, 3.8) is 0 Å². The van der Waals surface area contributed by atoms with Gasteiger partial charge < -0.3 is 15.3 Å². The van der Waals surface area contributed by atoms with Gasteiger partial charge in [-0.2, -0.15) is 0 Å². The van der Waals surface area contributed by atoms with Crippen LogP contribution in [0.4, 0.5) is 5.69 Å². The molecule has 0 spiro atoms. The zero-order valence-electron chi connectivity index (χ0n) is 10.9. The standard InChI is InChI=1S/C14H20N2O2/c1-10(14(18)15-2)16-9-5-8-13(17)11-6-3-4-7-12(11)16/h3-4,6-7,10,13,17H,5,8-9H2,1-2H3,(H,15,18). The van der Waals surface area contributed by atoms with Crippen molar-refractivity contribution in [2.45, 2.75) is 31.9 Å². The molecule has 2 atom stereocenters. The summed E-state index contributed by atoms with van der Waals surface area (Å²) in [6.07, 6.45) is 1.20. The Kier molecular flexibility index (Phi) is 3.87. The number of aliphatic hydroxyl groups excluding tert-OH is 1. The number of amides is 1. The summed E-state index contributed by atoms with van der Waals surface area (Å²) >= 11 is 0. The summed E-state index contributed by atoms with van der Waals surface area (Å²) in [7, 11) is 1.65. The van der Waals surface area contributed by atoms with E-state index < -0.39 is 6.10 Å². The number of nitrogens with zero attached hydrogens (tertiary/aromatic N) is 1. The van der Waals surface area contributed by atoms with Crippen molar-refractivity contribution in [3.8, 4) is 0 Å². The maximum absolute atomic E-state index is 11.8. The van der Waals surface area contributed by atoms with E-state index in [0.29, 0.717) is 0 Å². The van der Waals surface area contributed by atoms with E-state index in [1.807, 2.05) is 31.2 Å². The maximum Gasteiger partial charge on any atom is 0.242 e. The zero-order valence-corrected chi connectivity index (χ0v) is 10.9. The third-order valence-corrected chi connectivity index (χ3v) is 3.58. The molecular weight excluding hydrogens is 228 g/mol. The smallest absolute Gasteiger partial charge is 0.242 e. The Morgan fingerprint density at radius 3 is 2.94 bits per heavy atom. The first kappa shape index (κ1) is 12.9. The minimum absolute atomic E-state index is 0.00110. The van der Waals surface area contributed by atoms with Crippen molar-refractivity contribution in [1.82, 2.24) is 5.32 Å². The highest BCUT2D eigenvalue weighted by molar-refractivity contribution is 5.85. The minimum Gasteiger partial charge on any atom is -0.388 e. The first-order valence-electron chi connectivity index (χ1n) is 6.40. The number of benzene rings is 1. The lowest BCUT2D eigenvalue weighted by Crippen LogP contribution is -2.44. The van der Waals surface area contributed by atoms with Crippen LogP contribution in [0, 0.1) is 0 Å². The summed E-state index contributed by atoms with van der Waals surface area (Å²) in [6, 6.07) is 7.57. The molecule has 4 heteroatoms. The Bertz CT molecular complexity index is 434. The van der Waals surface area contributed by atoms with Gasteiger partial charge in [0, 0.05) is 24.8 Å². The van der Waals surface area contributed by atoms with Crippen molar-refractivity contribution < 1.29 is 9.90 Å². The number of carbonyl (C=O) groups is 1. The zero-order chi connectivity index (χ0) is 13.1. The van der Waals surface area contributed by atoms with Crippen LogP contribution in [0.1, 0.15) is 31.4 Å². The predicted molar refractivity (Wildman–Crippen MR) is 71.5 cm³/mol. The van der Waals surface area contributed by atoms with Gasteiger partial charge in [0.05, 0.1) is 6.10 Å². The molecule has 0 radical (unpaired) electrons. The molecule has 2 rings (SSSR count). The first-order valence-corrected chi connectivity index (χ1v) is 6.40. The molecule has 1 aromatic carbocycles. The van der Waals surface area contributed by atoms with Gasteiger partial charge in [-0.1, -0.05) is 18.2 Å². The van der Waals surface area contributed by atoms with Crippen LogP contribution >= 0.6 is 0 Å². The van der Waals surface area contributed by atoms with Crippen molar-refractivity contribution in [3.05, 3.63) is 29.8 Å². The van der Waals surface area contributed by atoms with Crippen molar-refractivity contribution in [2.75, 3.05) is 18.5 Å². The Hall–Kier alpha value is -1.55. The van der Waals surface area contributed by atoms with Crippen LogP contribution in [0.15, 0.2) is 24.3 Å². The SMILES string of the molecule is CNC(=O)C(C)N1CCCC(O)c2ccccc21. The van der Waals surface area contributed by atoms with Crippen molar-refractivity contribution in [2.24, 2.45) is 0 Å². The van der Waals surface area contributed by atoms with Crippen LogP contribution in [0.25, 0.3) is 0 Å². The molecule has 1 heterocycles. The van der Waals surface area contributed by atoms with E-state index in [4.69, 9.17) is 0 Å². The summed E-state index contributed by atoms with van der Waals surface area (Å²) in [4.78, 5) is 13.9. The van der Waals surface area contributed by atoms with Crippen LogP contribution in [0.5, 0.6) is 0 Å². The molecule has 1 aromatic rings. The van der Waals surface area contributed by atoms with Gasteiger partial charge in [0.15, 0.2) is 0 Å². The molecule has 0 fully saturated rings. The van der Waals surface area contributed by atoms with E-state index in [-0.39, 0.29) is 11.9 Å². The second-order valence-electron chi connectivity index (χ2n) is 4.70. The van der Waals surface area contributed by atoms with Crippen LogP contribution in [-0.2, 0) is 4.79 Å². The molecule has 0 aromatic heterocycles. The lowest BCUT2D eigenvalue weighted by Gasteiger charge is -2.30. The fraction of sp³-hybridized carbons (Fsp3) is 0.500. The number of para-hydroxylation sites is 1. The van der Waals surface area contributed by atoms with Gasteiger partial charge in [-0.3, -0.25) is 4.79 Å². The Balaban J connectivity index is 2.37.